The van der Waals surface area contributed by atoms with E-state index in [9.17, 15) is 4.79 Å². The predicted molar refractivity (Wildman–Crippen MR) is 84.1 cm³/mol. The fourth-order valence-electron chi connectivity index (χ4n) is 2.09. The quantitative estimate of drug-likeness (QED) is 0.555. The normalized spacial score (nSPS) is 10.3. The second kappa shape index (κ2) is 8.20. The first-order valence-electron chi connectivity index (χ1n) is 7.50. The van der Waals surface area contributed by atoms with E-state index in [1.165, 1.54) is 12.8 Å². The highest BCUT2D eigenvalue weighted by Gasteiger charge is 2.07. The van der Waals surface area contributed by atoms with Crippen LogP contribution in [-0.4, -0.2) is 17.6 Å². The first-order chi connectivity index (χ1) is 10.3. The van der Waals surface area contributed by atoms with Crippen LogP contribution < -0.4 is 0 Å². The zero-order valence-electron chi connectivity index (χ0n) is 12.4. The smallest absolute Gasteiger partial charge is 0.338 e. The van der Waals surface area contributed by atoms with Crippen molar-refractivity contribution in [3.63, 3.8) is 0 Å². The molecule has 110 valence electrons. The van der Waals surface area contributed by atoms with Crippen LogP contribution >= 0.6 is 0 Å². The van der Waals surface area contributed by atoms with E-state index in [1.807, 2.05) is 30.3 Å². The zero-order valence-corrected chi connectivity index (χ0v) is 12.4. The number of unbranched alkanes of at least 4 members (excludes halogenated alkanes) is 3. The Kier molecular flexibility index (Phi) is 5.95. The maximum atomic E-state index is 11.9. The van der Waals surface area contributed by atoms with Gasteiger partial charge in [0.15, 0.2) is 0 Å². The van der Waals surface area contributed by atoms with Crippen LogP contribution in [0.5, 0.6) is 0 Å². The van der Waals surface area contributed by atoms with Gasteiger partial charge in [-0.1, -0.05) is 44.4 Å². The number of carbonyl (C=O) groups is 1. The molecule has 1 aromatic carbocycles. The fourth-order valence-corrected chi connectivity index (χ4v) is 2.09. The lowest BCUT2D eigenvalue weighted by Crippen LogP contribution is -2.06. The van der Waals surface area contributed by atoms with Gasteiger partial charge >= 0.3 is 5.97 Å². The molecule has 0 unspecified atom stereocenters. The molecule has 0 spiro atoms. The summed E-state index contributed by atoms with van der Waals surface area (Å²) in [6, 6.07) is 13.2. The van der Waals surface area contributed by atoms with E-state index in [-0.39, 0.29) is 5.97 Å². The Bertz CT molecular complexity index is 549. The van der Waals surface area contributed by atoms with Gasteiger partial charge in [0.05, 0.1) is 17.9 Å². The molecule has 0 saturated carbocycles. The summed E-state index contributed by atoms with van der Waals surface area (Å²) in [6.45, 7) is 2.66. The van der Waals surface area contributed by atoms with Crippen LogP contribution in [0.2, 0.25) is 0 Å². The van der Waals surface area contributed by atoms with E-state index < -0.39 is 0 Å². The molecule has 0 fully saturated rings. The molecule has 1 aromatic heterocycles. The van der Waals surface area contributed by atoms with Gasteiger partial charge in [0.2, 0.25) is 0 Å². The van der Waals surface area contributed by atoms with Crippen molar-refractivity contribution in [1.82, 2.24) is 4.98 Å². The lowest BCUT2D eigenvalue weighted by Gasteiger charge is -2.05. The summed E-state index contributed by atoms with van der Waals surface area (Å²) in [5.74, 6) is -0.251. The van der Waals surface area contributed by atoms with Crippen molar-refractivity contribution < 1.29 is 9.53 Å². The summed E-state index contributed by atoms with van der Waals surface area (Å²) < 4.78 is 5.27. The number of ether oxygens (including phenoxy) is 1. The van der Waals surface area contributed by atoms with Gasteiger partial charge in [0.25, 0.3) is 0 Å². The summed E-state index contributed by atoms with van der Waals surface area (Å²) in [5, 5.41) is 0. The van der Waals surface area contributed by atoms with Crippen LogP contribution in [0.3, 0.4) is 0 Å². The highest BCUT2D eigenvalue weighted by molar-refractivity contribution is 5.89. The third-order valence-electron chi connectivity index (χ3n) is 3.31. The molecule has 0 radical (unpaired) electrons. The van der Waals surface area contributed by atoms with Gasteiger partial charge in [0.1, 0.15) is 0 Å². The molecule has 1 heterocycles. The van der Waals surface area contributed by atoms with Crippen molar-refractivity contribution in [2.24, 2.45) is 0 Å². The molecule has 0 N–H and O–H groups in total. The molecule has 0 aliphatic carbocycles. The molecule has 3 nitrogen and oxygen atoms in total. The van der Waals surface area contributed by atoms with Gasteiger partial charge in [-0.2, -0.15) is 0 Å². The molecule has 0 aliphatic heterocycles. The van der Waals surface area contributed by atoms with Gasteiger partial charge in [-0.25, -0.2) is 4.79 Å². The molecule has 0 saturated heterocycles. The summed E-state index contributed by atoms with van der Waals surface area (Å²) in [5.41, 5.74) is 2.48. The van der Waals surface area contributed by atoms with Crippen molar-refractivity contribution >= 4 is 5.97 Å². The number of nitrogens with zero attached hydrogens (tertiary/aromatic N) is 1. The van der Waals surface area contributed by atoms with Gasteiger partial charge < -0.3 is 4.74 Å². The zero-order chi connectivity index (χ0) is 14.9. The first-order valence-corrected chi connectivity index (χ1v) is 7.50. The van der Waals surface area contributed by atoms with Crippen molar-refractivity contribution in [1.29, 1.82) is 0 Å². The number of benzene rings is 1. The van der Waals surface area contributed by atoms with E-state index in [0.717, 1.165) is 24.1 Å². The number of rotatable bonds is 7. The second-order valence-electron chi connectivity index (χ2n) is 4.99. The maximum Gasteiger partial charge on any atom is 0.338 e. The van der Waals surface area contributed by atoms with Gasteiger partial charge in [-0.3, -0.25) is 4.98 Å². The number of carbonyl (C=O) groups excluding carboxylic acids is 1. The molecule has 0 bridgehead atoms. The van der Waals surface area contributed by atoms with Gasteiger partial charge in [-0.15, -0.1) is 0 Å². The van der Waals surface area contributed by atoms with E-state index in [4.69, 9.17) is 4.74 Å². The summed E-state index contributed by atoms with van der Waals surface area (Å²) in [7, 11) is 0. The lowest BCUT2D eigenvalue weighted by atomic mass is 10.1. The molecular formula is C18H21NO2. The van der Waals surface area contributed by atoms with E-state index in [2.05, 4.69) is 11.9 Å². The average Bonchev–Trinajstić information content (AvgIpc) is 2.55. The number of esters is 1. The second-order valence-corrected chi connectivity index (χ2v) is 4.99. The predicted octanol–water partition coefficient (Wildman–Crippen LogP) is 4.49. The summed E-state index contributed by atoms with van der Waals surface area (Å²) in [4.78, 5) is 16.2. The first kappa shape index (κ1) is 15.2. The van der Waals surface area contributed by atoms with Crippen molar-refractivity contribution in [2.45, 2.75) is 32.6 Å². The monoisotopic (exact) mass is 283 g/mol. The maximum absolute atomic E-state index is 11.9. The third kappa shape index (κ3) is 4.71. The van der Waals surface area contributed by atoms with Crippen LogP contribution in [0.15, 0.2) is 48.7 Å². The highest BCUT2D eigenvalue weighted by Crippen LogP contribution is 2.17. The largest absolute Gasteiger partial charge is 0.462 e. The van der Waals surface area contributed by atoms with Crippen LogP contribution in [0.4, 0.5) is 0 Å². The summed E-state index contributed by atoms with van der Waals surface area (Å²) >= 11 is 0. The van der Waals surface area contributed by atoms with Gasteiger partial charge in [0, 0.05) is 11.8 Å². The van der Waals surface area contributed by atoms with Crippen molar-refractivity contribution in [3.05, 3.63) is 54.2 Å². The van der Waals surface area contributed by atoms with Crippen molar-refractivity contribution in [3.8, 4) is 11.3 Å². The third-order valence-corrected chi connectivity index (χ3v) is 3.31. The molecule has 0 atom stereocenters. The molecule has 2 rings (SSSR count). The van der Waals surface area contributed by atoms with E-state index in [1.54, 1.807) is 18.3 Å². The lowest BCUT2D eigenvalue weighted by molar-refractivity contribution is 0.0498. The number of aromatic nitrogens is 1. The Hall–Kier alpha value is -2.16. The minimum Gasteiger partial charge on any atom is -0.462 e. The minimum absolute atomic E-state index is 0.251. The molecule has 0 aliphatic rings. The summed E-state index contributed by atoms with van der Waals surface area (Å²) in [6.07, 6.45) is 6.18. The topological polar surface area (TPSA) is 39.2 Å². The van der Waals surface area contributed by atoms with Crippen LogP contribution in [0, 0.1) is 0 Å². The Morgan fingerprint density at radius 3 is 2.52 bits per heavy atom. The number of hydrogen-bond donors (Lipinski definition) is 0. The average molecular weight is 283 g/mol. The Morgan fingerprint density at radius 2 is 1.86 bits per heavy atom. The molecule has 3 heteroatoms. The van der Waals surface area contributed by atoms with Crippen LogP contribution in [0.25, 0.3) is 11.3 Å². The Morgan fingerprint density at radius 1 is 1.05 bits per heavy atom. The van der Waals surface area contributed by atoms with Crippen LogP contribution in [0.1, 0.15) is 43.0 Å². The van der Waals surface area contributed by atoms with Gasteiger partial charge in [-0.05, 0) is 30.7 Å². The molecule has 0 amide bonds. The van der Waals surface area contributed by atoms with Crippen LogP contribution in [-0.2, 0) is 4.74 Å². The number of pyridine rings is 1. The standard InChI is InChI=1S/C18H21NO2/c1-2-3-4-7-14-21-18(20)16-11-9-15(10-12-16)17-8-5-6-13-19-17/h5-6,8-13H,2-4,7,14H2,1H3. The Balaban J connectivity index is 1.88. The van der Waals surface area contributed by atoms with E-state index >= 15 is 0 Å². The highest BCUT2D eigenvalue weighted by atomic mass is 16.5. The molecular weight excluding hydrogens is 262 g/mol. The molecule has 2 aromatic rings. The number of hydrogen-bond acceptors (Lipinski definition) is 3. The SMILES string of the molecule is CCCCCCOC(=O)c1ccc(-c2ccccn2)cc1. The Labute approximate surface area is 126 Å². The van der Waals surface area contributed by atoms with Crippen molar-refractivity contribution in [2.75, 3.05) is 6.61 Å². The van der Waals surface area contributed by atoms with E-state index in [0.29, 0.717) is 12.2 Å². The molecule has 21 heavy (non-hydrogen) atoms. The minimum atomic E-state index is -0.251. The fraction of sp³-hybridized carbons (Fsp3) is 0.333.